The smallest absolute Gasteiger partial charge is 0.257 e. The van der Waals surface area contributed by atoms with E-state index in [0.29, 0.717) is 11.5 Å². The van der Waals surface area contributed by atoms with Crippen LogP contribution in [0.5, 0.6) is 11.5 Å². The molecular weight excluding hydrogens is 284 g/mol. The number of benzene rings is 2. The molecule has 6 nitrogen and oxygen atoms in total. The third-order valence-electron chi connectivity index (χ3n) is 3.27. The highest BCUT2D eigenvalue weighted by Gasteiger charge is 2.18. The Morgan fingerprint density at radius 1 is 1.23 bits per heavy atom. The molecule has 0 fully saturated rings. The molecule has 0 aliphatic carbocycles. The summed E-state index contributed by atoms with van der Waals surface area (Å²) in [5.74, 6) is -0.347. The first-order valence-corrected chi connectivity index (χ1v) is 6.66. The van der Waals surface area contributed by atoms with Gasteiger partial charge in [0, 0.05) is 13.1 Å². The third kappa shape index (κ3) is 2.58. The van der Waals surface area contributed by atoms with Crippen LogP contribution in [0.3, 0.4) is 0 Å². The van der Waals surface area contributed by atoms with Crippen molar-refractivity contribution in [3.63, 3.8) is 0 Å². The Bertz CT molecular complexity index is 808. The standard InChI is InChI=1S/C16H14N2O4/c1-18(16(21)11-7-6-10(19)8-13(11)20)9-15-17-12-4-2-3-5-14(12)22-15/h2-8,19-20H,9H2,1H3. The summed E-state index contributed by atoms with van der Waals surface area (Å²) in [7, 11) is 1.59. The van der Waals surface area contributed by atoms with Gasteiger partial charge in [0.2, 0.25) is 5.89 Å². The quantitative estimate of drug-likeness (QED) is 0.776. The molecule has 0 spiro atoms. The van der Waals surface area contributed by atoms with Crippen molar-refractivity contribution in [1.82, 2.24) is 9.88 Å². The molecule has 3 rings (SSSR count). The monoisotopic (exact) mass is 298 g/mol. The SMILES string of the molecule is CN(Cc1nc2ccccc2o1)C(=O)c1ccc(O)cc1O. The van der Waals surface area contributed by atoms with Crippen molar-refractivity contribution in [1.29, 1.82) is 0 Å². The number of oxazole rings is 1. The van der Waals surface area contributed by atoms with E-state index in [0.717, 1.165) is 11.6 Å². The Morgan fingerprint density at radius 3 is 2.73 bits per heavy atom. The summed E-state index contributed by atoms with van der Waals surface area (Å²) < 4.78 is 5.57. The number of aromatic hydroxyl groups is 2. The maximum atomic E-state index is 12.3. The Morgan fingerprint density at radius 2 is 2.00 bits per heavy atom. The van der Waals surface area contributed by atoms with Gasteiger partial charge in [0.25, 0.3) is 5.91 Å². The van der Waals surface area contributed by atoms with Crippen molar-refractivity contribution >= 4 is 17.0 Å². The molecule has 0 atom stereocenters. The molecule has 0 saturated heterocycles. The first kappa shape index (κ1) is 13.9. The van der Waals surface area contributed by atoms with Gasteiger partial charge in [0.15, 0.2) is 5.58 Å². The van der Waals surface area contributed by atoms with Gasteiger partial charge < -0.3 is 19.5 Å². The Kier molecular flexibility index (Phi) is 3.42. The first-order chi connectivity index (χ1) is 10.5. The highest BCUT2D eigenvalue weighted by molar-refractivity contribution is 5.96. The van der Waals surface area contributed by atoms with Gasteiger partial charge in [0.05, 0.1) is 12.1 Å². The van der Waals surface area contributed by atoms with E-state index in [1.165, 1.54) is 17.0 Å². The highest BCUT2D eigenvalue weighted by atomic mass is 16.3. The highest BCUT2D eigenvalue weighted by Crippen LogP contribution is 2.24. The molecule has 3 aromatic rings. The number of fused-ring (bicyclic) bond motifs is 1. The van der Waals surface area contributed by atoms with E-state index in [4.69, 9.17) is 4.42 Å². The number of phenolic OH excluding ortho intramolecular Hbond substituents is 2. The maximum Gasteiger partial charge on any atom is 0.257 e. The molecule has 1 aromatic heterocycles. The van der Waals surface area contributed by atoms with Crippen LogP contribution < -0.4 is 0 Å². The van der Waals surface area contributed by atoms with Crippen molar-refractivity contribution < 1.29 is 19.4 Å². The molecular formula is C16H14N2O4. The van der Waals surface area contributed by atoms with Gasteiger partial charge in [0.1, 0.15) is 17.0 Å². The van der Waals surface area contributed by atoms with Crippen LogP contribution >= 0.6 is 0 Å². The predicted molar refractivity (Wildman–Crippen MR) is 79.6 cm³/mol. The second-order valence-electron chi connectivity index (χ2n) is 4.94. The summed E-state index contributed by atoms with van der Waals surface area (Å²) in [5.41, 5.74) is 1.49. The van der Waals surface area contributed by atoms with E-state index in [-0.39, 0.29) is 29.5 Å². The van der Waals surface area contributed by atoms with Crippen LogP contribution in [0.25, 0.3) is 11.1 Å². The molecule has 0 radical (unpaired) electrons. The van der Waals surface area contributed by atoms with Crippen molar-refractivity contribution in [2.45, 2.75) is 6.54 Å². The fraction of sp³-hybridized carbons (Fsp3) is 0.125. The Hall–Kier alpha value is -3.02. The van der Waals surface area contributed by atoms with E-state index in [2.05, 4.69) is 4.98 Å². The van der Waals surface area contributed by atoms with Crippen molar-refractivity contribution in [2.24, 2.45) is 0 Å². The van der Waals surface area contributed by atoms with Crippen molar-refractivity contribution in [3.05, 3.63) is 53.9 Å². The molecule has 22 heavy (non-hydrogen) atoms. The van der Waals surface area contributed by atoms with Gasteiger partial charge in [-0.25, -0.2) is 4.98 Å². The van der Waals surface area contributed by atoms with E-state index in [1.54, 1.807) is 13.1 Å². The second-order valence-corrected chi connectivity index (χ2v) is 4.94. The van der Waals surface area contributed by atoms with Crippen LogP contribution in [0.15, 0.2) is 46.9 Å². The van der Waals surface area contributed by atoms with Crippen molar-refractivity contribution in [2.75, 3.05) is 7.05 Å². The molecule has 2 aromatic carbocycles. The lowest BCUT2D eigenvalue weighted by molar-refractivity contribution is 0.0770. The van der Waals surface area contributed by atoms with Crippen LogP contribution in [-0.4, -0.2) is 33.1 Å². The van der Waals surface area contributed by atoms with Crippen LogP contribution in [0, 0.1) is 0 Å². The summed E-state index contributed by atoms with van der Waals surface area (Å²) in [6, 6.07) is 11.2. The Labute approximate surface area is 126 Å². The number of aromatic nitrogens is 1. The van der Waals surface area contributed by atoms with Crippen LogP contribution in [0.2, 0.25) is 0 Å². The van der Waals surface area contributed by atoms with E-state index < -0.39 is 0 Å². The molecule has 1 amide bonds. The van der Waals surface area contributed by atoms with E-state index in [1.807, 2.05) is 18.2 Å². The number of hydrogen-bond acceptors (Lipinski definition) is 5. The summed E-state index contributed by atoms with van der Waals surface area (Å²) >= 11 is 0. The molecule has 0 aliphatic heterocycles. The first-order valence-electron chi connectivity index (χ1n) is 6.66. The normalized spacial score (nSPS) is 10.8. The fourth-order valence-corrected chi connectivity index (χ4v) is 2.17. The lowest BCUT2D eigenvalue weighted by Crippen LogP contribution is -2.26. The molecule has 0 saturated carbocycles. The number of para-hydroxylation sites is 2. The fourth-order valence-electron chi connectivity index (χ4n) is 2.17. The lowest BCUT2D eigenvalue weighted by atomic mass is 10.1. The Balaban J connectivity index is 1.81. The zero-order valence-corrected chi connectivity index (χ0v) is 11.9. The van der Waals surface area contributed by atoms with Crippen LogP contribution in [0.1, 0.15) is 16.2 Å². The molecule has 0 unspecified atom stereocenters. The van der Waals surface area contributed by atoms with Crippen LogP contribution in [-0.2, 0) is 6.54 Å². The number of nitrogens with zero attached hydrogens (tertiary/aromatic N) is 2. The third-order valence-corrected chi connectivity index (χ3v) is 3.27. The zero-order valence-electron chi connectivity index (χ0n) is 11.9. The summed E-state index contributed by atoms with van der Waals surface area (Å²) in [6.45, 7) is 0.174. The van der Waals surface area contributed by atoms with Gasteiger partial charge in [-0.2, -0.15) is 0 Å². The average Bonchev–Trinajstić information content (AvgIpc) is 2.88. The van der Waals surface area contributed by atoms with Gasteiger partial charge in [-0.05, 0) is 24.3 Å². The van der Waals surface area contributed by atoms with E-state index >= 15 is 0 Å². The largest absolute Gasteiger partial charge is 0.508 e. The van der Waals surface area contributed by atoms with Gasteiger partial charge in [-0.3, -0.25) is 4.79 Å². The van der Waals surface area contributed by atoms with E-state index in [9.17, 15) is 15.0 Å². The minimum Gasteiger partial charge on any atom is -0.508 e. The minimum absolute atomic E-state index is 0.101. The average molecular weight is 298 g/mol. The molecule has 0 bridgehead atoms. The number of phenols is 2. The summed E-state index contributed by atoms with van der Waals surface area (Å²) in [4.78, 5) is 18.0. The lowest BCUT2D eigenvalue weighted by Gasteiger charge is -2.15. The van der Waals surface area contributed by atoms with Crippen molar-refractivity contribution in [3.8, 4) is 11.5 Å². The number of rotatable bonds is 3. The molecule has 2 N–H and O–H groups in total. The minimum atomic E-state index is -0.389. The summed E-state index contributed by atoms with van der Waals surface area (Å²) in [6.07, 6.45) is 0. The number of amides is 1. The topological polar surface area (TPSA) is 86.8 Å². The predicted octanol–water partition coefficient (Wildman–Crippen LogP) is 2.51. The molecule has 0 aliphatic rings. The molecule has 112 valence electrons. The number of hydrogen-bond donors (Lipinski definition) is 2. The van der Waals surface area contributed by atoms with Gasteiger partial charge in [-0.1, -0.05) is 12.1 Å². The maximum absolute atomic E-state index is 12.3. The molecule has 1 heterocycles. The van der Waals surface area contributed by atoms with Gasteiger partial charge in [-0.15, -0.1) is 0 Å². The summed E-state index contributed by atoms with van der Waals surface area (Å²) in [5, 5.41) is 19.0. The number of carbonyl (C=O) groups excluding carboxylic acids is 1. The second kappa shape index (κ2) is 5.40. The van der Waals surface area contributed by atoms with Gasteiger partial charge >= 0.3 is 0 Å². The zero-order chi connectivity index (χ0) is 15.7. The van der Waals surface area contributed by atoms with Crippen LogP contribution in [0.4, 0.5) is 0 Å². The molecule has 6 heteroatoms. The number of carbonyl (C=O) groups is 1.